The second-order valence-corrected chi connectivity index (χ2v) is 7.41. The molecule has 1 amide bonds. The minimum Gasteiger partial charge on any atom is -0.456 e. The standard InChI is InChI=1S/C22H22N2O4S/c1-15-7-8-16(2)17(13-15)19(25)9-10-22(27)28-14-21(26)24-18-5-3-4-6-20(18)29-12-11-23/h3-8,13H,9-10,12,14H2,1-2H3,(H,24,26). The first-order chi connectivity index (χ1) is 13.9. The van der Waals surface area contributed by atoms with E-state index >= 15 is 0 Å². The molecular formula is C22H22N2O4S. The van der Waals surface area contributed by atoms with Crippen LogP contribution >= 0.6 is 11.8 Å². The van der Waals surface area contributed by atoms with Crippen LogP contribution in [0.25, 0.3) is 0 Å². The van der Waals surface area contributed by atoms with E-state index in [1.165, 1.54) is 11.8 Å². The van der Waals surface area contributed by atoms with Crippen molar-refractivity contribution in [1.29, 1.82) is 5.26 Å². The topological polar surface area (TPSA) is 96.3 Å². The number of Topliss-reactive ketones (excluding diaryl/α,β-unsaturated/α-hetero) is 1. The molecule has 1 N–H and O–H groups in total. The molecule has 0 aliphatic carbocycles. The summed E-state index contributed by atoms with van der Waals surface area (Å²) in [5, 5.41) is 11.4. The number of esters is 1. The average Bonchev–Trinajstić information content (AvgIpc) is 2.71. The third-order valence-electron chi connectivity index (χ3n) is 4.07. The molecule has 2 rings (SSSR count). The first-order valence-electron chi connectivity index (χ1n) is 9.05. The van der Waals surface area contributed by atoms with Crippen molar-refractivity contribution in [2.45, 2.75) is 31.6 Å². The van der Waals surface area contributed by atoms with Crippen molar-refractivity contribution in [2.75, 3.05) is 17.7 Å². The molecule has 29 heavy (non-hydrogen) atoms. The molecule has 0 atom stereocenters. The summed E-state index contributed by atoms with van der Waals surface area (Å²) in [6.45, 7) is 3.32. The maximum Gasteiger partial charge on any atom is 0.306 e. The van der Waals surface area contributed by atoms with Gasteiger partial charge < -0.3 is 10.1 Å². The third kappa shape index (κ3) is 7.09. The number of benzene rings is 2. The fourth-order valence-corrected chi connectivity index (χ4v) is 3.27. The largest absolute Gasteiger partial charge is 0.456 e. The fraction of sp³-hybridized carbons (Fsp3) is 0.273. The number of carbonyl (C=O) groups is 3. The molecule has 7 heteroatoms. The summed E-state index contributed by atoms with van der Waals surface area (Å²) < 4.78 is 4.97. The normalized spacial score (nSPS) is 10.1. The molecule has 0 fully saturated rings. The maximum absolute atomic E-state index is 12.3. The molecule has 0 unspecified atom stereocenters. The number of amides is 1. The van der Waals surface area contributed by atoms with Gasteiger partial charge in [-0.25, -0.2) is 0 Å². The summed E-state index contributed by atoms with van der Waals surface area (Å²) >= 11 is 1.30. The number of nitriles is 1. The van der Waals surface area contributed by atoms with Gasteiger partial charge in [0.25, 0.3) is 5.91 Å². The molecule has 0 radical (unpaired) electrons. The predicted octanol–water partition coefficient (Wildman–Crippen LogP) is 4.06. The van der Waals surface area contributed by atoms with Crippen LogP contribution in [-0.4, -0.2) is 30.0 Å². The van der Waals surface area contributed by atoms with Gasteiger partial charge in [-0.05, 0) is 37.6 Å². The van der Waals surface area contributed by atoms with Gasteiger partial charge in [-0.3, -0.25) is 14.4 Å². The molecule has 0 heterocycles. The zero-order chi connectivity index (χ0) is 21.2. The Morgan fingerprint density at radius 3 is 2.62 bits per heavy atom. The quantitative estimate of drug-likeness (QED) is 0.380. The van der Waals surface area contributed by atoms with E-state index in [-0.39, 0.29) is 24.4 Å². The number of ether oxygens (including phenoxy) is 1. The van der Waals surface area contributed by atoms with Gasteiger partial charge in [-0.1, -0.05) is 29.8 Å². The predicted molar refractivity (Wildman–Crippen MR) is 112 cm³/mol. The highest BCUT2D eigenvalue weighted by Crippen LogP contribution is 2.26. The fourth-order valence-electron chi connectivity index (χ4n) is 2.60. The van der Waals surface area contributed by atoms with Crippen LogP contribution in [0.15, 0.2) is 47.4 Å². The molecule has 0 saturated heterocycles. The molecular weight excluding hydrogens is 388 g/mol. The van der Waals surface area contributed by atoms with Gasteiger partial charge in [-0.2, -0.15) is 5.26 Å². The Hall–Kier alpha value is -3.11. The van der Waals surface area contributed by atoms with Crippen LogP contribution in [0.4, 0.5) is 5.69 Å². The van der Waals surface area contributed by atoms with Gasteiger partial charge in [0.2, 0.25) is 0 Å². The van der Waals surface area contributed by atoms with Crippen molar-refractivity contribution in [2.24, 2.45) is 0 Å². The summed E-state index contributed by atoms with van der Waals surface area (Å²) in [5.41, 5.74) is 2.99. The van der Waals surface area contributed by atoms with E-state index in [0.717, 1.165) is 16.0 Å². The molecule has 0 bridgehead atoms. The number of carbonyl (C=O) groups excluding carboxylic acids is 3. The molecule has 0 saturated carbocycles. The van der Waals surface area contributed by atoms with E-state index in [2.05, 4.69) is 5.32 Å². The number of nitrogens with zero attached hydrogens (tertiary/aromatic N) is 1. The second-order valence-electron chi connectivity index (χ2n) is 6.39. The van der Waals surface area contributed by atoms with Crippen LogP contribution in [-0.2, 0) is 14.3 Å². The first-order valence-corrected chi connectivity index (χ1v) is 10.0. The SMILES string of the molecule is Cc1ccc(C)c(C(=O)CCC(=O)OCC(=O)Nc2ccccc2SCC#N)c1. The Kier molecular flexibility index (Phi) is 8.44. The van der Waals surface area contributed by atoms with Crippen LogP contribution in [0.1, 0.15) is 34.3 Å². The molecule has 0 aromatic heterocycles. The molecule has 2 aromatic rings. The zero-order valence-corrected chi connectivity index (χ0v) is 17.2. The van der Waals surface area contributed by atoms with Gasteiger partial charge in [-0.15, -0.1) is 11.8 Å². The zero-order valence-electron chi connectivity index (χ0n) is 16.4. The van der Waals surface area contributed by atoms with E-state index in [1.54, 1.807) is 24.3 Å². The minimum atomic E-state index is -0.606. The lowest BCUT2D eigenvalue weighted by atomic mass is 9.99. The smallest absolute Gasteiger partial charge is 0.306 e. The van der Waals surface area contributed by atoms with Crippen molar-refractivity contribution >= 4 is 35.1 Å². The Labute approximate surface area is 174 Å². The average molecular weight is 410 g/mol. The highest BCUT2D eigenvalue weighted by Gasteiger charge is 2.14. The minimum absolute atomic E-state index is 0.0262. The maximum atomic E-state index is 12.3. The van der Waals surface area contributed by atoms with E-state index in [1.807, 2.05) is 38.1 Å². The number of thioether (sulfide) groups is 1. The highest BCUT2D eigenvalue weighted by molar-refractivity contribution is 7.99. The van der Waals surface area contributed by atoms with E-state index in [9.17, 15) is 14.4 Å². The number of ketones is 1. The van der Waals surface area contributed by atoms with Crippen molar-refractivity contribution in [1.82, 2.24) is 0 Å². The first kappa shape index (κ1) is 22.2. The van der Waals surface area contributed by atoms with Crippen molar-refractivity contribution < 1.29 is 19.1 Å². The third-order valence-corrected chi connectivity index (χ3v) is 5.01. The monoisotopic (exact) mass is 410 g/mol. The Morgan fingerprint density at radius 2 is 1.86 bits per heavy atom. The molecule has 0 aliphatic heterocycles. The summed E-state index contributed by atoms with van der Waals surface area (Å²) in [6.07, 6.45) is -0.0630. The van der Waals surface area contributed by atoms with Gasteiger partial charge >= 0.3 is 5.97 Å². The van der Waals surface area contributed by atoms with Gasteiger partial charge in [0.1, 0.15) is 0 Å². The molecule has 2 aromatic carbocycles. The van der Waals surface area contributed by atoms with Gasteiger partial charge in [0.05, 0.1) is 23.9 Å². The molecule has 0 aliphatic rings. The number of anilines is 1. The molecule has 150 valence electrons. The second kappa shape index (κ2) is 11.0. The molecule has 6 nitrogen and oxygen atoms in total. The summed E-state index contributed by atoms with van der Waals surface area (Å²) in [4.78, 5) is 37.0. The summed E-state index contributed by atoms with van der Waals surface area (Å²) in [5.74, 6) is -0.956. The molecule has 0 spiro atoms. The van der Waals surface area contributed by atoms with E-state index in [0.29, 0.717) is 11.3 Å². The van der Waals surface area contributed by atoms with Crippen LogP contribution in [0.2, 0.25) is 0 Å². The van der Waals surface area contributed by atoms with E-state index < -0.39 is 18.5 Å². The van der Waals surface area contributed by atoms with Gasteiger partial charge in [0, 0.05) is 16.9 Å². The number of nitrogens with one attached hydrogen (secondary N) is 1. The lowest BCUT2D eigenvalue weighted by Gasteiger charge is -2.10. The summed E-state index contributed by atoms with van der Waals surface area (Å²) in [7, 11) is 0. The van der Waals surface area contributed by atoms with Crippen LogP contribution in [0, 0.1) is 25.2 Å². The van der Waals surface area contributed by atoms with Crippen LogP contribution in [0.5, 0.6) is 0 Å². The van der Waals surface area contributed by atoms with Gasteiger partial charge in [0.15, 0.2) is 12.4 Å². The lowest BCUT2D eigenvalue weighted by Crippen LogP contribution is -2.21. The number of rotatable bonds is 9. The number of hydrogen-bond donors (Lipinski definition) is 1. The van der Waals surface area contributed by atoms with Crippen molar-refractivity contribution in [3.05, 3.63) is 59.2 Å². The Morgan fingerprint density at radius 1 is 1.10 bits per heavy atom. The number of para-hydroxylation sites is 1. The van der Waals surface area contributed by atoms with Crippen molar-refractivity contribution in [3.63, 3.8) is 0 Å². The lowest BCUT2D eigenvalue weighted by molar-refractivity contribution is -0.147. The van der Waals surface area contributed by atoms with Crippen LogP contribution in [0.3, 0.4) is 0 Å². The summed E-state index contributed by atoms with van der Waals surface area (Å²) in [6, 6.07) is 14.7. The Bertz CT molecular complexity index is 950. The van der Waals surface area contributed by atoms with E-state index in [4.69, 9.17) is 10.00 Å². The highest BCUT2D eigenvalue weighted by atomic mass is 32.2. The Balaban J connectivity index is 1.81. The van der Waals surface area contributed by atoms with Crippen molar-refractivity contribution in [3.8, 4) is 6.07 Å². The van der Waals surface area contributed by atoms with Crippen LogP contribution < -0.4 is 5.32 Å². The number of hydrogen-bond acceptors (Lipinski definition) is 6. The number of aryl methyl sites for hydroxylation is 2.